The van der Waals surface area contributed by atoms with Crippen LogP contribution in [-0.4, -0.2) is 47.7 Å². The lowest BCUT2D eigenvalue weighted by molar-refractivity contribution is -0.130. The molecule has 1 N–H and O–H groups in total. The van der Waals surface area contributed by atoms with Crippen molar-refractivity contribution in [2.24, 2.45) is 0 Å². The number of ether oxygens (including phenoxy) is 2. The fourth-order valence-corrected chi connectivity index (χ4v) is 5.24. The number of benzene rings is 2. The number of aromatic nitrogens is 1. The molecule has 2 heterocycles. The first kappa shape index (κ1) is 21.2. The number of para-hydroxylation sites is 1. The summed E-state index contributed by atoms with van der Waals surface area (Å²) in [7, 11) is 3.08. The van der Waals surface area contributed by atoms with Crippen molar-refractivity contribution in [3.05, 3.63) is 52.5 Å². The van der Waals surface area contributed by atoms with Crippen LogP contribution in [0, 0.1) is 0 Å². The van der Waals surface area contributed by atoms with Gasteiger partial charge in [-0.3, -0.25) is 14.5 Å². The lowest BCUT2D eigenvalue weighted by Crippen LogP contribution is -2.35. The molecule has 1 saturated heterocycles. The Morgan fingerprint density at radius 2 is 1.97 bits per heavy atom. The maximum Gasteiger partial charge on any atom is 0.244 e. The van der Waals surface area contributed by atoms with Gasteiger partial charge in [-0.1, -0.05) is 23.9 Å². The highest BCUT2D eigenvalue weighted by atomic mass is 32.2. The molecule has 2 aromatic carbocycles. The van der Waals surface area contributed by atoms with Crippen molar-refractivity contribution < 1.29 is 19.1 Å². The average molecular weight is 456 g/mol. The van der Waals surface area contributed by atoms with Gasteiger partial charge in [0.15, 0.2) is 11.5 Å². The van der Waals surface area contributed by atoms with Gasteiger partial charge in [0, 0.05) is 17.8 Å². The fraction of sp³-hybridized carbons (Fsp3) is 0.227. The van der Waals surface area contributed by atoms with Gasteiger partial charge in [-0.15, -0.1) is 11.3 Å². The molecule has 9 heteroatoms. The summed E-state index contributed by atoms with van der Waals surface area (Å²) < 4.78 is 11.6. The van der Waals surface area contributed by atoms with Gasteiger partial charge in [0.05, 0.1) is 34.7 Å². The average Bonchev–Trinajstić information content (AvgIpc) is 3.29. The molecule has 1 aromatic heterocycles. The molecule has 3 aromatic rings. The van der Waals surface area contributed by atoms with E-state index in [9.17, 15) is 9.59 Å². The van der Waals surface area contributed by atoms with Gasteiger partial charge >= 0.3 is 0 Å². The van der Waals surface area contributed by atoms with Gasteiger partial charge in [0.25, 0.3) is 0 Å². The van der Waals surface area contributed by atoms with E-state index in [0.717, 1.165) is 20.3 Å². The molecule has 1 aliphatic rings. The number of carbonyl (C=O) groups is 2. The van der Waals surface area contributed by atoms with E-state index in [0.29, 0.717) is 17.2 Å². The number of thioether (sulfide) groups is 1. The van der Waals surface area contributed by atoms with Crippen molar-refractivity contribution in [1.29, 1.82) is 0 Å². The number of thiazole rings is 1. The van der Waals surface area contributed by atoms with Crippen molar-refractivity contribution >= 4 is 56.9 Å². The summed E-state index contributed by atoms with van der Waals surface area (Å²) in [6.45, 7) is 1.76. The van der Waals surface area contributed by atoms with Gasteiger partial charge in [0.2, 0.25) is 11.8 Å². The molecule has 7 nitrogen and oxygen atoms in total. The predicted molar refractivity (Wildman–Crippen MR) is 125 cm³/mol. The summed E-state index contributed by atoms with van der Waals surface area (Å²) in [5, 5.41) is 4.09. The molecule has 0 bridgehead atoms. The second kappa shape index (κ2) is 8.99. The number of hydrogen-bond donors (Lipinski definition) is 1. The van der Waals surface area contributed by atoms with Crippen LogP contribution in [-0.2, 0) is 9.59 Å². The molecule has 1 aliphatic heterocycles. The molecule has 0 aliphatic carbocycles. The Bertz CT molecular complexity index is 1140. The van der Waals surface area contributed by atoms with Crippen LogP contribution in [0.25, 0.3) is 16.3 Å². The quantitative estimate of drug-likeness (QED) is 0.600. The van der Waals surface area contributed by atoms with Gasteiger partial charge in [-0.2, -0.15) is 0 Å². The highest BCUT2D eigenvalue weighted by Gasteiger charge is 2.35. The van der Waals surface area contributed by atoms with Crippen LogP contribution in [0.2, 0.25) is 0 Å². The maximum atomic E-state index is 12.7. The zero-order chi connectivity index (χ0) is 22.0. The molecule has 1 fully saturated rings. The molecule has 0 saturated carbocycles. The number of hydrogen-bond acceptors (Lipinski definition) is 7. The lowest BCUT2D eigenvalue weighted by Gasteiger charge is -2.17. The summed E-state index contributed by atoms with van der Waals surface area (Å²) in [5.41, 5.74) is 1.48. The molecule has 4 rings (SSSR count). The van der Waals surface area contributed by atoms with E-state index in [1.807, 2.05) is 37.3 Å². The molecule has 2 amide bonds. The van der Waals surface area contributed by atoms with E-state index >= 15 is 0 Å². The van der Waals surface area contributed by atoms with Crippen LogP contribution in [0.3, 0.4) is 0 Å². The fourth-order valence-electron chi connectivity index (χ4n) is 3.21. The normalized spacial score (nSPS) is 17.4. The number of anilines is 1. The Labute approximate surface area is 188 Å². The van der Waals surface area contributed by atoms with Crippen LogP contribution in [0.5, 0.6) is 11.5 Å². The number of amides is 2. The zero-order valence-corrected chi connectivity index (χ0v) is 18.9. The number of fused-ring (bicyclic) bond motifs is 1. The maximum absolute atomic E-state index is 12.7. The number of nitrogens with one attached hydrogen (secondary N) is 1. The van der Waals surface area contributed by atoms with Crippen LogP contribution in [0.15, 0.2) is 47.5 Å². The van der Waals surface area contributed by atoms with Crippen molar-refractivity contribution in [3.63, 3.8) is 0 Å². The molecule has 31 heavy (non-hydrogen) atoms. The van der Waals surface area contributed by atoms with E-state index in [2.05, 4.69) is 10.3 Å². The molecule has 160 valence electrons. The van der Waals surface area contributed by atoms with E-state index in [1.54, 1.807) is 36.6 Å². The third kappa shape index (κ3) is 4.52. The minimum Gasteiger partial charge on any atom is -0.493 e. The van der Waals surface area contributed by atoms with E-state index in [4.69, 9.17) is 9.47 Å². The molecule has 0 spiro atoms. The third-order valence-corrected chi connectivity index (χ3v) is 6.82. The highest BCUT2D eigenvalue weighted by Crippen LogP contribution is 2.37. The third-order valence-electron chi connectivity index (χ3n) is 4.70. The van der Waals surface area contributed by atoms with Crippen LogP contribution in [0.4, 0.5) is 5.69 Å². The monoisotopic (exact) mass is 455 g/mol. The summed E-state index contributed by atoms with van der Waals surface area (Å²) in [5.74, 6) is 0.685. The molecule has 1 unspecified atom stereocenters. The zero-order valence-electron chi connectivity index (χ0n) is 17.2. The van der Waals surface area contributed by atoms with Gasteiger partial charge in [-0.05, 0) is 31.2 Å². The Kier molecular flexibility index (Phi) is 6.15. The number of nitrogens with zero attached hydrogens (tertiary/aromatic N) is 2. The topological polar surface area (TPSA) is 80.8 Å². The number of rotatable bonds is 6. The number of carbonyl (C=O) groups excluding carboxylic acids is 2. The Hall–Kier alpha value is -3.04. The largest absolute Gasteiger partial charge is 0.493 e. The molecular weight excluding hydrogens is 434 g/mol. The Morgan fingerprint density at radius 3 is 2.71 bits per heavy atom. The van der Waals surface area contributed by atoms with E-state index < -0.39 is 0 Å². The van der Waals surface area contributed by atoms with Gasteiger partial charge in [0.1, 0.15) is 11.6 Å². The Balaban J connectivity index is 1.52. The predicted octanol–water partition coefficient (Wildman–Crippen LogP) is 4.21. The standard InChI is InChI=1S/C22H21N3O4S2/c1-13-22(27)25(12-19(26)23-14-8-9-16(28-2)17(10-14)29-3)21(30-13)11-20-24-15-6-4-5-7-18(15)31-20/h4-11,13H,12H2,1-3H3,(H,23,26)/b21-11+. The minimum atomic E-state index is -0.300. The van der Waals surface area contributed by atoms with Gasteiger partial charge in [-0.25, -0.2) is 4.98 Å². The first-order valence-corrected chi connectivity index (χ1v) is 11.3. The Morgan fingerprint density at radius 1 is 1.19 bits per heavy atom. The van der Waals surface area contributed by atoms with Crippen molar-refractivity contribution in [2.75, 3.05) is 26.1 Å². The SMILES string of the molecule is COc1ccc(NC(=O)CN2C(=O)C(C)S/C2=C/c2nc3ccccc3s2)cc1OC. The molecule has 1 atom stereocenters. The minimum absolute atomic E-state index is 0.0821. The summed E-state index contributed by atoms with van der Waals surface area (Å²) in [6, 6.07) is 13.0. The van der Waals surface area contributed by atoms with E-state index in [1.165, 1.54) is 23.8 Å². The highest BCUT2D eigenvalue weighted by molar-refractivity contribution is 8.04. The summed E-state index contributed by atoms with van der Waals surface area (Å²) >= 11 is 2.99. The molecular formula is C22H21N3O4S2. The smallest absolute Gasteiger partial charge is 0.244 e. The number of methoxy groups -OCH3 is 2. The van der Waals surface area contributed by atoms with Gasteiger partial charge < -0.3 is 14.8 Å². The van der Waals surface area contributed by atoms with Crippen molar-refractivity contribution in [2.45, 2.75) is 12.2 Å². The lowest BCUT2D eigenvalue weighted by atomic mass is 10.2. The van der Waals surface area contributed by atoms with Crippen LogP contribution in [0.1, 0.15) is 11.9 Å². The summed E-state index contributed by atoms with van der Waals surface area (Å²) in [6.07, 6.45) is 1.88. The first-order valence-electron chi connectivity index (χ1n) is 9.55. The second-order valence-electron chi connectivity index (χ2n) is 6.80. The van der Waals surface area contributed by atoms with Crippen LogP contribution >= 0.6 is 23.1 Å². The summed E-state index contributed by atoms with van der Waals surface area (Å²) in [4.78, 5) is 31.5. The molecule has 0 radical (unpaired) electrons. The first-order chi connectivity index (χ1) is 15.0. The second-order valence-corrected chi connectivity index (χ2v) is 9.23. The van der Waals surface area contributed by atoms with Crippen molar-refractivity contribution in [3.8, 4) is 11.5 Å². The van der Waals surface area contributed by atoms with Crippen molar-refractivity contribution in [1.82, 2.24) is 9.88 Å². The van der Waals surface area contributed by atoms with Crippen LogP contribution < -0.4 is 14.8 Å². The van der Waals surface area contributed by atoms with E-state index in [-0.39, 0.29) is 23.6 Å².